The van der Waals surface area contributed by atoms with Gasteiger partial charge in [-0.05, 0) is 12.1 Å². The second kappa shape index (κ2) is 12.2. The molecular weight excluding hydrogens is 580 g/mol. The summed E-state index contributed by atoms with van der Waals surface area (Å²) in [5, 5.41) is 111. The third-order valence-electron chi connectivity index (χ3n) is 7.23. The standard InChI is InChI=1S/C27H30O16/c28-7-17-19(33)21(35)23(37)26(42-17)39-10-4-13(31)11-6-16(41-27-24(38)22(36)20(34)18(8-29)43-27)25(40-15(11)5-10)9-1-2-12(30)14(32)3-9/h1-6,17-24,26-29,33-38H,7-8H2,(H2-,30,31,32)/p+1/t17?,18?,19-,20-,21+,22?,23?,24?,26-,27-/m1/s1. The summed E-state index contributed by atoms with van der Waals surface area (Å²) in [6, 6.07) is 7.23. The highest BCUT2D eigenvalue weighted by Crippen LogP contribution is 2.42. The molecule has 0 bridgehead atoms. The Labute approximate surface area is 242 Å². The van der Waals surface area contributed by atoms with Gasteiger partial charge in [0.1, 0.15) is 65.7 Å². The monoisotopic (exact) mass is 611 g/mol. The Hall–Kier alpha value is -3.55. The molecule has 2 aliphatic heterocycles. The normalized spacial score (nSPS) is 32.9. The molecule has 2 saturated heterocycles. The molecule has 16 nitrogen and oxygen atoms in total. The van der Waals surface area contributed by atoms with E-state index in [4.69, 9.17) is 23.4 Å². The summed E-state index contributed by atoms with van der Waals surface area (Å²) >= 11 is 0. The Morgan fingerprint density at radius 2 is 1.21 bits per heavy atom. The molecule has 2 aromatic carbocycles. The van der Waals surface area contributed by atoms with Gasteiger partial charge in [0.25, 0.3) is 0 Å². The van der Waals surface area contributed by atoms with Crippen molar-refractivity contribution < 1.29 is 79.5 Å². The average molecular weight is 612 g/mol. The molecule has 0 amide bonds. The van der Waals surface area contributed by atoms with Crippen LogP contribution in [0.25, 0.3) is 22.3 Å². The number of aliphatic hydroxyl groups is 8. The Morgan fingerprint density at radius 3 is 1.77 bits per heavy atom. The Morgan fingerprint density at radius 1 is 0.628 bits per heavy atom. The number of aromatic hydroxyl groups is 3. The zero-order valence-electron chi connectivity index (χ0n) is 22.1. The first-order chi connectivity index (χ1) is 20.4. The predicted molar refractivity (Wildman–Crippen MR) is 140 cm³/mol. The molecule has 0 spiro atoms. The highest BCUT2D eigenvalue weighted by Gasteiger charge is 2.46. The molecule has 43 heavy (non-hydrogen) atoms. The van der Waals surface area contributed by atoms with Crippen LogP contribution in [0.3, 0.4) is 0 Å². The van der Waals surface area contributed by atoms with E-state index in [-0.39, 0.29) is 33.8 Å². The molecule has 0 aliphatic carbocycles. The van der Waals surface area contributed by atoms with Crippen molar-refractivity contribution in [2.45, 2.75) is 61.4 Å². The van der Waals surface area contributed by atoms with E-state index in [1.54, 1.807) is 0 Å². The smallest absolute Gasteiger partial charge is 0.402 e. The Bertz CT molecular complexity index is 1450. The van der Waals surface area contributed by atoms with Crippen LogP contribution >= 0.6 is 0 Å². The van der Waals surface area contributed by atoms with Crippen LogP contribution in [0.1, 0.15) is 0 Å². The summed E-state index contributed by atoms with van der Waals surface area (Å²) in [6.07, 6.45) is -16.0. The van der Waals surface area contributed by atoms with Crippen LogP contribution in [0.2, 0.25) is 0 Å². The summed E-state index contributed by atoms with van der Waals surface area (Å²) in [7, 11) is 0. The minimum absolute atomic E-state index is 0.00694. The van der Waals surface area contributed by atoms with Crippen molar-refractivity contribution in [1.29, 1.82) is 0 Å². The summed E-state index contributed by atoms with van der Waals surface area (Å²) < 4.78 is 28.1. The lowest BCUT2D eigenvalue weighted by atomic mass is 9.99. The van der Waals surface area contributed by atoms with Gasteiger partial charge in [0.2, 0.25) is 18.3 Å². The minimum Gasteiger partial charge on any atom is -0.507 e. The van der Waals surface area contributed by atoms with Gasteiger partial charge in [-0.3, -0.25) is 0 Å². The molecule has 3 aromatic rings. The van der Waals surface area contributed by atoms with Crippen LogP contribution in [0.5, 0.6) is 28.7 Å². The van der Waals surface area contributed by atoms with Crippen molar-refractivity contribution in [2.24, 2.45) is 0 Å². The van der Waals surface area contributed by atoms with Crippen LogP contribution in [0.15, 0.2) is 40.8 Å². The van der Waals surface area contributed by atoms with Crippen LogP contribution in [0, 0.1) is 0 Å². The lowest BCUT2D eigenvalue weighted by Crippen LogP contribution is -2.60. The second-order valence-corrected chi connectivity index (χ2v) is 10.1. The first-order valence-corrected chi connectivity index (χ1v) is 13.0. The number of fused-ring (bicyclic) bond motifs is 1. The molecule has 0 saturated carbocycles. The number of phenolic OH excluding ortho intramolecular Hbond substituents is 3. The molecule has 2 aliphatic rings. The van der Waals surface area contributed by atoms with Crippen molar-refractivity contribution in [3.05, 3.63) is 36.4 Å². The fraction of sp³-hybridized carbons (Fsp3) is 0.444. The molecule has 11 N–H and O–H groups in total. The number of ether oxygens (including phenoxy) is 4. The molecule has 3 heterocycles. The maximum Gasteiger partial charge on any atom is 0.402 e. The zero-order chi connectivity index (χ0) is 31.2. The van der Waals surface area contributed by atoms with Crippen molar-refractivity contribution in [3.8, 4) is 40.1 Å². The van der Waals surface area contributed by atoms with Gasteiger partial charge in [-0.15, -0.1) is 0 Å². The fourth-order valence-corrected chi connectivity index (χ4v) is 4.78. The molecule has 1 aromatic heterocycles. The third kappa shape index (κ3) is 5.85. The van der Waals surface area contributed by atoms with E-state index in [1.165, 1.54) is 18.2 Å². The molecule has 10 atom stereocenters. The zero-order valence-corrected chi connectivity index (χ0v) is 22.1. The minimum atomic E-state index is -1.79. The molecule has 5 rings (SSSR count). The van der Waals surface area contributed by atoms with E-state index in [9.17, 15) is 56.2 Å². The van der Waals surface area contributed by atoms with E-state index >= 15 is 0 Å². The molecule has 0 radical (unpaired) electrons. The second-order valence-electron chi connectivity index (χ2n) is 10.1. The third-order valence-corrected chi connectivity index (χ3v) is 7.23. The van der Waals surface area contributed by atoms with Gasteiger partial charge in [-0.1, -0.05) is 0 Å². The van der Waals surface area contributed by atoms with E-state index < -0.39 is 91.9 Å². The van der Waals surface area contributed by atoms with Gasteiger partial charge in [0.05, 0.1) is 24.8 Å². The number of hydrogen-bond donors (Lipinski definition) is 11. The lowest BCUT2D eigenvalue weighted by Gasteiger charge is -2.39. The first kappa shape index (κ1) is 30.9. The average Bonchev–Trinajstić information content (AvgIpc) is 2.99. The van der Waals surface area contributed by atoms with Crippen molar-refractivity contribution in [1.82, 2.24) is 0 Å². The summed E-state index contributed by atoms with van der Waals surface area (Å²) in [4.78, 5) is 0. The summed E-state index contributed by atoms with van der Waals surface area (Å²) in [5.74, 6) is -1.94. The topological polar surface area (TPSA) is 271 Å². The predicted octanol–water partition coefficient (Wildman–Crippen LogP) is -2.14. The number of aliphatic hydroxyl groups excluding tert-OH is 8. The van der Waals surface area contributed by atoms with Crippen molar-refractivity contribution in [3.63, 3.8) is 0 Å². The molecular formula is C27H31O16+. The van der Waals surface area contributed by atoms with Crippen molar-refractivity contribution in [2.75, 3.05) is 13.2 Å². The van der Waals surface area contributed by atoms with Gasteiger partial charge in [0.15, 0.2) is 11.5 Å². The largest absolute Gasteiger partial charge is 0.507 e. The van der Waals surface area contributed by atoms with Gasteiger partial charge in [-0.2, -0.15) is 0 Å². The maximum absolute atomic E-state index is 10.8. The van der Waals surface area contributed by atoms with Gasteiger partial charge in [0, 0.05) is 18.2 Å². The van der Waals surface area contributed by atoms with E-state index in [0.717, 1.165) is 18.2 Å². The maximum atomic E-state index is 10.8. The molecule has 2 fully saturated rings. The van der Waals surface area contributed by atoms with E-state index in [0.29, 0.717) is 0 Å². The Kier molecular flexibility index (Phi) is 8.77. The number of phenols is 3. The first-order valence-electron chi connectivity index (χ1n) is 13.0. The van der Waals surface area contributed by atoms with Crippen LogP contribution in [-0.4, -0.2) is 131 Å². The highest BCUT2D eigenvalue weighted by atomic mass is 16.7. The highest BCUT2D eigenvalue weighted by molar-refractivity contribution is 5.88. The van der Waals surface area contributed by atoms with E-state index in [1.807, 2.05) is 0 Å². The van der Waals surface area contributed by atoms with Gasteiger partial charge >= 0.3 is 11.3 Å². The van der Waals surface area contributed by atoms with Crippen LogP contribution in [0.4, 0.5) is 0 Å². The van der Waals surface area contributed by atoms with Gasteiger partial charge in [-0.25, -0.2) is 4.42 Å². The number of rotatable bonds is 7. The summed E-state index contributed by atoms with van der Waals surface area (Å²) in [6.45, 7) is -1.41. The summed E-state index contributed by atoms with van der Waals surface area (Å²) in [5.41, 5.74) is 0.0554. The van der Waals surface area contributed by atoms with Gasteiger partial charge < -0.3 is 75.1 Å². The van der Waals surface area contributed by atoms with E-state index in [2.05, 4.69) is 0 Å². The quantitative estimate of drug-likeness (QED) is 0.100. The number of benzene rings is 2. The van der Waals surface area contributed by atoms with Crippen LogP contribution in [-0.2, 0) is 9.47 Å². The molecule has 16 heteroatoms. The Balaban J connectivity index is 1.55. The number of hydrogen-bond acceptors (Lipinski definition) is 15. The molecule has 234 valence electrons. The molecule has 5 unspecified atom stereocenters. The lowest BCUT2D eigenvalue weighted by molar-refractivity contribution is -0.277. The van der Waals surface area contributed by atoms with Crippen LogP contribution < -0.4 is 9.47 Å². The SMILES string of the molecule is OCC1O[C@@H](Oc2cc3c(O)cc(O[C@@H]4OC(CO)[C@@H](O)[C@H](O)C4O)cc3[o+]c2-c2ccc(O)c(O)c2)C(O)C(O)[C@@H]1O. The fourth-order valence-electron chi connectivity index (χ4n) is 4.78. The van der Waals surface area contributed by atoms with Crippen molar-refractivity contribution >= 4 is 11.0 Å².